The first-order valence-electron chi connectivity index (χ1n) is 7.91. The predicted octanol–water partition coefficient (Wildman–Crippen LogP) is 2.90. The van der Waals surface area contributed by atoms with Gasteiger partial charge in [-0.05, 0) is 36.2 Å². The summed E-state index contributed by atoms with van der Waals surface area (Å²) >= 11 is 0. The maximum absolute atomic E-state index is 12.6. The Kier molecular flexibility index (Phi) is 6.11. The molecule has 0 radical (unpaired) electrons. The highest BCUT2D eigenvalue weighted by atomic mass is 32.2. The number of likely N-dealkylation sites (N-methyl/N-ethyl adjacent to an activating group) is 1. The molecule has 2 rings (SSSR count). The van der Waals surface area contributed by atoms with E-state index >= 15 is 0 Å². The van der Waals surface area contributed by atoms with Crippen molar-refractivity contribution in [3.8, 4) is 0 Å². The summed E-state index contributed by atoms with van der Waals surface area (Å²) in [5.41, 5.74) is 1.83. The van der Waals surface area contributed by atoms with Gasteiger partial charge in [0, 0.05) is 12.2 Å². The molecular formula is C18H22N2O3S. The molecule has 0 aliphatic heterocycles. The van der Waals surface area contributed by atoms with Gasteiger partial charge in [0.2, 0.25) is 15.9 Å². The maximum Gasteiger partial charge on any atom is 0.243 e. The second-order valence-corrected chi connectivity index (χ2v) is 7.28. The van der Waals surface area contributed by atoms with Gasteiger partial charge < -0.3 is 5.32 Å². The lowest BCUT2D eigenvalue weighted by Gasteiger charge is -2.20. The minimum Gasteiger partial charge on any atom is -0.325 e. The van der Waals surface area contributed by atoms with Gasteiger partial charge in [-0.25, -0.2) is 8.42 Å². The number of carbonyl (C=O) groups excluding carboxylic acids is 1. The molecule has 0 fully saturated rings. The Bertz CT molecular complexity index is 772. The molecule has 0 aromatic heterocycles. The van der Waals surface area contributed by atoms with Crippen molar-refractivity contribution in [3.05, 3.63) is 60.2 Å². The Morgan fingerprint density at radius 3 is 2.17 bits per heavy atom. The Labute approximate surface area is 143 Å². The fourth-order valence-electron chi connectivity index (χ4n) is 2.29. The van der Waals surface area contributed by atoms with Gasteiger partial charge in [-0.1, -0.05) is 44.2 Å². The van der Waals surface area contributed by atoms with Crippen LogP contribution in [0.15, 0.2) is 59.5 Å². The quantitative estimate of drug-likeness (QED) is 0.838. The van der Waals surface area contributed by atoms with Crippen molar-refractivity contribution in [3.63, 3.8) is 0 Å². The molecular weight excluding hydrogens is 324 g/mol. The number of hydrogen-bond donors (Lipinski definition) is 1. The molecule has 0 aliphatic carbocycles. The fourth-order valence-corrected chi connectivity index (χ4v) is 3.72. The average molecular weight is 346 g/mol. The molecule has 0 atom stereocenters. The molecule has 0 aliphatic rings. The van der Waals surface area contributed by atoms with E-state index < -0.39 is 10.0 Å². The van der Waals surface area contributed by atoms with Crippen LogP contribution in [0.1, 0.15) is 19.4 Å². The molecule has 6 heteroatoms. The summed E-state index contributed by atoms with van der Waals surface area (Å²) in [6.07, 6.45) is 0.924. The van der Waals surface area contributed by atoms with Gasteiger partial charge in [-0.3, -0.25) is 4.79 Å². The number of rotatable bonds is 7. The van der Waals surface area contributed by atoms with E-state index in [0.717, 1.165) is 10.7 Å². The number of hydrogen-bond acceptors (Lipinski definition) is 3. The highest BCUT2D eigenvalue weighted by Crippen LogP contribution is 2.15. The van der Waals surface area contributed by atoms with Crippen molar-refractivity contribution in [2.75, 3.05) is 18.4 Å². The number of sulfonamides is 1. The molecule has 1 amide bonds. The van der Waals surface area contributed by atoms with Crippen LogP contribution < -0.4 is 5.32 Å². The zero-order chi connectivity index (χ0) is 17.6. The molecule has 1 N–H and O–H groups in total. The number of nitrogens with one attached hydrogen (secondary N) is 1. The summed E-state index contributed by atoms with van der Waals surface area (Å²) in [6.45, 7) is 3.77. The molecule has 0 unspecified atom stereocenters. The van der Waals surface area contributed by atoms with Gasteiger partial charge in [0.05, 0.1) is 11.4 Å². The summed E-state index contributed by atoms with van der Waals surface area (Å²) in [6, 6.07) is 15.6. The predicted molar refractivity (Wildman–Crippen MR) is 95.3 cm³/mol. The zero-order valence-corrected chi connectivity index (χ0v) is 14.7. The van der Waals surface area contributed by atoms with Gasteiger partial charge in [-0.2, -0.15) is 4.31 Å². The Morgan fingerprint density at radius 2 is 1.62 bits per heavy atom. The number of amides is 1. The standard InChI is InChI=1S/C18H22N2O3S/c1-3-15-10-12-16(13-11-15)19-18(21)14-20(4-2)24(22,23)17-8-6-5-7-9-17/h5-13H,3-4,14H2,1-2H3,(H,19,21). The van der Waals surface area contributed by atoms with Crippen LogP contribution in [0.4, 0.5) is 5.69 Å². The normalized spacial score (nSPS) is 11.5. The first kappa shape index (κ1) is 18.2. The lowest BCUT2D eigenvalue weighted by molar-refractivity contribution is -0.116. The van der Waals surface area contributed by atoms with Crippen LogP contribution in [-0.2, 0) is 21.2 Å². The maximum atomic E-state index is 12.6. The minimum absolute atomic E-state index is 0.187. The molecule has 0 bridgehead atoms. The summed E-state index contributed by atoms with van der Waals surface area (Å²) in [7, 11) is -3.68. The molecule has 128 valence electrons. The van der Waals surface area contributed by atoms with Gasteiger partial charge in [0.15, 0.2) is 0 Å². The second kappa shape index (κ2) is 8.08. The molecule has 5 nitrogen and oxygen atoms in total. The first-order valence-corrected chi connectivity index (χ1v) is 9.35. The minimum atomic E-state index is -3.68. The van der Waals surface area contributed by atoms with E-state index in [1.165, 1.54) is 17.7 Å². The van der Waals surface area contributed by atoms with Crippen molar-refractivity contribution in [1.82, 2.24) is 4.31 Å². The lowest BCUT2D eigenvalue weighted by Crippen LogP contribution is -2.37. The van der Waals surface area contributed by atoms with Crippen LogP contribution in [-0.4, -0.2) is 31.7 Å². The van der Waals surface area contributed by atoms with Crippen LogP contribution >= 0.6 is 0 Å². The molecule has 0 spiro atoms. The smallest absolute Gasteiger partial charge is 0.243 e. The molecule has 2 aromatic carbocycles. The van der Waals surface area contributed by atoms with Crippen LogP contribution in [0.5, 0.6) is 0 Å². The second-order valence-electron chi connectivity index (χ2n) is 5.34. The van der Waals surface area contributed by atoms with Gasteiger partial charge >= 0.3 is 0 Å². The summed E-state index contributed by atoms with van der Waals surface area (Å²) in [4.78, 5) is 12.4. The summed E-state index contributed by atoms with van der Waals surface area (Å²) < 4.78 is 26.3. The molecule has 0 saturated carbocycles. The average Bonchev–Trinajstić information content (AvgIpc) is 2.61. The SMILES string of the molecule is CCc1ccc(NC(=O)CN(CC)S(=O)(=O)c2ccccc2)cc1. The Balaban J connectivity index is 2.07. The third kappa shape index (κ3) is 4.43. The van der Waals surface area contributed by atoms with Crippen LogP contribution in [0, 0.1) is 0 Å². The van der Waals surface area contributed by atoms with Gasteiger partial charge in [0.25, 0.3) is 0 Å². The summed E-state index contributed by atoms with van der Waals surface area (Å²) in [5, 5.41) is 2.74. The number of benzene rings is 2. The topological polar surface area (TPSA) is 66.5 Å². The van der Waals surface area contributed by atoms with E-state index in [9.17, 15) is 13.2 Å². The zero-order valence-electron chi connectivity index (χ0n) is 13.9. The highest BCUT2D eigenvalue weighted by Gasteiger charge is 2.24. The number of nitrogens with zero attached hydrogens (tertiary/aromatic N) is 1. The fraction of sp³-hybridized carbons (Fsp3) is 0.278. The highest BCUT2D eigenvalue weighted by molar-refractivity contribution is 7.89. The first-order chi connectivity index (χ1) is 11.5. The van der Waals surface area contributed by atoms with Crippen molar-refractivity contribution in [2.24, 2.45) is 0 Å². The van der Waals surface area contributed by atoms with Crippen molar-refractivity contribution in [2.45, 2.75) is 25.2 Å². The Hall–Kier alpha value is -2.18. The van der Waals surface area contributed by atoms with Crippen molar-refractivity contribution in [1.29, 1.82) is 0 Å². The van der Waals surface area contributed by atoms with Crippen molar-refractivity contribution >= 4 is 21.6 Å². The summed E-state index contributed by atoms with van der Waals surface area (Å²) in [5.74, 6) is -0.361. The number of aryl methyl sites for hydroxylation is 1. The monoisotopic (exact) mass is 346 g/mol. The van der Waals surface area contributed by atoms with Crippen LogP contribution in [0.3, 0.4) is 0 Å². The van der Waals surface area contributed by atoms with E-state index in [0.29, 0.717) is 5.69 Å². The molecule has 0 saturated heterocycles. The Morgan fingerprint density at radius 1 is 1.00 bits per heavy atom. The van der Waals surface area contributed by atoms with Crippen LogP contribution in [0.2, 0.25) is 0 Å². The number of carbonyl (C=O) groups is 1. The van der Waals surface area contributed by atoms with Gasteiger partial charge in [-0.15, -0.1) is 0 Å². The molecule has 0 heterocycles. The largest absolute Gasteiger partial charge is 0.325 e. The van der Waals surface area contributed by atoms with E-state index in [4.69, 9.17) is 0 Å². The molecule has 2 aromatic rings. The van der Waals surface area contributed by atoms with E-state index in [1.807, 2.05) is 24.3 Å². The van der Waals surface area contributed by atoms with Crippen molar-refractivity contribution < 1.29 is 13.2 Å². The number of anilines is 1. The van der Waals surface area contributed by atoms with Crippen LogP contribution in [0.25, 0.3) is 0 Å². The molecule has 24 heavy (non-hydrogen) atoms. The lowest BCUT2D eigenvalue weighted by atomic mass is 10.1. The third-order valence-electron chi connectivity index (χ3n) is 3.70. The third-order valence-corrected chi connectivity index (χ3v) is 5.63. The van der Waals surface area contributed by atoms with E-state index in [1.54, 1.807) is 25.1 Å². The van der Waals surface area contributed by atoms with E-state index in [-0.39, 0.29) is 23.9 Å². The van der Waals surface area contributed by atoms with Gasteiger partial charge in [0.1, 0.15) is 0 Å². The van der Waals surface area contributed by atoms with E-state index in [2.05, 4.69) is 12.2 Å².